The van der Waals surface area contributed by atoms with Crippen LogP contribution in [0.5, 0.6) is 0 Å². The molecule has 160 valence electrons. The van der Waals surface area contributed by atoms with Crippen molar-refractivity contribution in [2.24, 2.45) is 0 Å². The fourth-order valence-corrected chi connectivity index (χ4v) is 4.45. The molecule has 5 nitrogen and oxygen atoms in total. The number of carbonyl (C=O) groups excluding carboxylic acids is 1. The molecule has 2 heterocycles. The molecule has 1 atom stereocenters. The highest BCUT2D eigenvalue weighted by Crippen LogP contribution is 2.32. The van der Waals surface area contributed by atoms with E-state index in [0.717, 1.165) is 23.1 Å². The van der Waals surface area contributed by atoms with E-state index in [1.165, 1.54) is 6.07 Å². The Morgan fingerprint density at radius 1 is 1.23 bits per heavy atom. The average Bonchev–Trinajstić information content (AvgIpc) is 2.99. The molecule has 0 aliphatic carbocycles. The largest absolute Gasteiger partial charge is 0.451 e. The number of carbonyl (C=O) groups is 1. The highest BCUT2D eigenvalue weighted by Gasteiger charge is 2.35. The smallest absolute Gasteiger partial charge is 0.383 e. The molecule has 0 fully saturated rings. The van der Waals surface area contributed by atoms with Crippen LogP contribution < -0.4 is 0 Å². The number of nitrogens with zero attached hydrogens (tertiary/aromatic N) is 3. The van der Waals surface area contributed by atoms with Gasteiger partial charge in [-0.3, -0.25) is 4.79 Å². The number of aryl methyl sites for hydroxylation is 1. The van der Waals surface area contributed by atoms with Gasteiger partial charge in [0, 0.05) is 29.4 Å². The molecule has 1 aromatic carbocycles. The summed E-state index contributed by atoms with van der Waals surface area (Å²) in [6, 6.07) is 8.35. The van der Waals surface area contributed by atoms with E-state index < -0.39 is 12.0 Å². The van der Waals surface area contributed by atoms with Crippen LogP contribution in [0.15, 0.2) is 35.4 Å². The van der Waals surface area contributed by atoms with Crippen LogP contribution >= 0.6 is 11.8 Å². The Labute approximate surface area is 176 Å². The van der Waals surface area contributed by atoms with Gasteiger partial charge in [0.05, 0.1) is 23.9 Å². The monoisotopic (exact) mass is 437 g/mol. The van der Waals surface area contributed by atoms with Gasteiger partial charge in [0.15, 0.2) is 5.78 Å². The summed E-state index contributed by atoms with van der Waals surface area (Å²) in [5, 5.41) is 0.630. The van der Waals surface area contributed by atoms with E-state index in [1.807, 2.05) is 31.4 Å². The Balaban J connectivity index is 1.88. The molecule has 3 aromatic rings. The fourth-order valence-electron chi connectivity index (χ4n) is 3.55. The van der Waals surface area contributed by atoms with E-state index in [9.17, 15) is 18.0 Å². The van der Waals surface area contributed by atoms with E-state index in [4.69, 9.17) is 4.74 Å². The van der Waals surface area contributed by atoms with Crippen molar-refractivity contribution in [3.63, 3.8) is 0 Å². The van der Waals surface area contributed by atoms with Crippen LogP contribution in [0.25, 0.3) is 10.9 Å². The molecule has 2 aromatic heterocycles. The van der Waals surface area contributed by atoms with Crippen molar-refractivity contribution in [2.45, 2.75) is 38.0 Å². The maximum atomic E-state index is 13.2. The van der Waals surface area contributed by atoms with Gasteiger partial charge < -0.3 is 9.30 Å². The summed E-state index contributed by atoms with van der Waals surface area (Å²) < 4.78 is 46.8. The molecule has 9 heteroatoms. The van der Waals surface area contributed by atoms with E-state index >= 15 is 0 Å². The number of aromatic nitrogens is 3. The lowest BCUT2D eigenvalue weighted by Gasteiger charge is -2.17. The summed E-state index contributed by atoms with van der Waals surface area (Å²) in [5.74, 6) is -1.40. The topological polar surface area (TPSA) is 57.0 Å². The summed E-state index contributed by atoms with van der Waals surface area (Å²) in [6.07, 6.45) is -4.66. The van der Waals surface area contributed by atoms with Crippen LogP contribution in [0.3, 0.4) is 0 Å². The van der Waals surface area contributed by atoms with E-state index in [1.54, 1.807) is 25.3 Å². The molecule has 0 amide bonds. The number of ketones is 1. The third kappa shape index (κ3) is 4.52. The highest BCUT2D eigenvalue weighted by atomic mass is 32.2. The van der Waals surface area contributed by atoms with Gasteiger partial charge in [-0.15, -0.1) is 0 Å². The van der Waals surface area contributed by atoms with Crippen LogP contribution in [0.2, 0.25) is 0 Å². The van der Waals surface area contributed by atoms with Crippen molar-refractivity contribution in [2.75, 3.05) is 19.5 Å². The number of thioether (sulfide) groups is 1. The second-order valence-corrected chi connectivity index (χ2v) is 8.00. The van der Waals surface area contributed by atoms with Crippen molar-refractivity contribution in [3.05, 3.63) is 53.1 Å². The molecule has 0 radical (unpaired) electrons. The first-order valence-electron chi connectivity index (χ1n) is 9.30. The van der Waals surface area contributed by atoms with Gasteiger partial charge in [-0.1, -0.05) is 30.0 Å². The number of halogens is 3. The number of fused-ring (bicyclic) bond motifs is 1. The Morgan fingerprint density at radius 2 is 1.93 bits per heavy atom. The van der Waals surface area contributed by atoms with Crippen LogP contribution in [0, 0.1) is 13.8 Å². The van der Waals surface area contributed by atoms with Crippen molar-refractivity contribution in [1.82, 2.24) is 14.5 Å². The number of hydrogen-bond acceptors (Lipinski definition) is 5. The zero-order valence-corrected chi connectivity index (χ0v) is 17.9. The number of benzene rings is 1. The molecule has 0 bridgehead atoms. The molecule has 0 spiro atoms. The van der Waals surface area contributed by atoms with Gasteiger partial charge in [0.1, 0.15) is 5.03 Å². The highest BCUT2D eigenvalue weighted by molar-refractivity contribution is 8.00. The number of hydrogen-bond donors (Lipinski definition) is 0. The number of para-hydroxylation sites is 1. The van der Waals surface area contributed by atoms with Gasteiger partial charge in [-0.25, -0.2) is 9.97 Å². The quantitative estimate of drug-likeness (QED) is 0.287. The predicted octanol–water partition coefficient (Wildman–Crippen LogP) is 5.25. The summed E-state index contributed by atoms with van der Waals surface area (Å²) >= 11 is 0.991. The Hall–Kier alpha value is -2.39. The lowest BCUT2D eigenvalue weighted by atomic mass is 10.2. The molecule has 30 heavy (non-hydrogen) atoms. The maximum absolute atomic E-state index is 13.2. The van der Waals surface area contributed by atoms with Gasteiger partial charge >= 0.3 is 6.18 Å². The molecule has 0 saturated heterocycles. The molecule has 0 aliphatic heterocycles. The first kappa shape index (κ1) is 22.3. The van der Waals surface area contributed by atoms with Crippen LogP contribution in [-0.4, -0.2) is 39.8 Å². The zero-order chi connectivity index (χ0) is 22.1. The second kappa shape index (κ2) is 8.77. The minimum atomic E-state index is -4.66. The Morgan fingerprint density at radius 3 is 2.60 bits per heavy atom. The molecule has 0 saturated carbocycles. The maximum Gasteiger partial charge on any atom is 0.451 e. The average molecular weight is 437 g/mol. The molecule has 0 N–H and O–H groups in total. The molecular weight excluding hydrogens is 415 g/mol. The number of alkyl halides is 3. The molecule has 0 unspecified atom stereocenters. The standard InChI is InChI=1S/C21H22F3N3O2S/c1-12-9-16(14(3)27(12)13(2)10-29-4)18(28)11-30-19-15-7-5-6-8-17(15)25-20(26-19)21(22,23)24/h5-9,13H,10-11H2,1-4H3/t13-/m1/s1. The molecular formula is C21H22F3N3O2S. The lowest BCUT2D eigenvalue weighted by molar-refractivity contribution is -0.145. The molecule has 3 rings (SSSR count). The van der Waals surface area contributed by atoms with Crippen molar-refractivity contribution in [3.8, 4) is 0 Å². The van der Waals surface area contributed by atoms with E-state index in [-0.39, 0.29) is 28.1 Å². The van der Waals surface area contributed by atoms with Gasteiger partial charge in [-0.2, -0.15) is 13.2 Å². The molecule has 0 aliphatic rings. The minimum absolute atomic E-state index is 0.0265. The first-order chi connectivity index (χ1) is 14.1. The summed E-state index contributed by atoms with van der Waals surface area (Å²) in [4.78, 5) is 20.2. The van der Waals surface area contributed by atoms with E-state index in [2.05, 4.69) is 9.97 Å². The van der Waals surface area contributed by atoms with Crippen molar-refractivity contribution >= 4 is 28.4 Å². The van der Waals surface area contributed by atoms with Crippen LogP contribution in [0.4, 0.5) is 13.2 Å². The number of methoxy groups -OCH3 is 1. The summed E-state index contributed by atoms with van der Waals surface area (Å²) in [7, 11) is 1.62. The minimum Gasteiger partial charge on any atom is -0.383 e. The number of rotatable bonds is 7. The fraction of sp³-hybridized carbons (Fsp3) is 0.381. The Kier molecular flexibility index (Phi) is 6.52. The van der Waals surface area contributed by atoms with Gasteiger partial charge in [0.2, 0.25) is 5.82 Å². The second-order valence-electron chi connectivity index (χ2n) is 7.04. The van der Waals surface area contributed by atoms with Crippen molar-refractivity contribution in [1.29, 1.82) is 0 Å². The third-order valence-electron chi connectivity index (χ3n) is 4.80. The summed E-state index contributed by atoms with van der Waals surface area (Å²) in [6.45, 7) is 6.28. The van der Waals surface area contributed by atoms with Crippen molar-refractivity contribution < 1.29 is 22.7 Å². The number of Topliss-reactive ketones (excluding diaryl/α,β-unsaturated/α-hetero) is 1. The Bertz CT molecular complexity index is 1080. The number of ether oxygens (including phenoxy) is 1. The SMILES string of the molecule is COC[C@@H](C)n1c(C)cc(C(=O)CSc2nc(C(F)(F)F)nc3ccccc23)c1C. The normalized spacial score (nSPS) is 13.0. The predicted molar refractivity (Wildman–Crippen MR) is 110 cm³/mol. The van der Waals surface area contributed by atoms with Gasteiger partial charge in [-0.05, 0) is 32.9 Å². The van der Waals surface area contributed by atoms with Gasteiger partial charge in [0.25, 0.3) is 0 Å². The van der Waals surface area contributed by atoms with Crippen LogP contribution in [0.1, 0.15) is 40.5 Å². The third-order valence-corrected chi connectivity index (χ3v) is 5.79. The zero-order valence-electron chi connectivity index (χ0n) is 17.1. The summed E-state index contributed by atoms with van der Waals surface area (Å²) in [5.41, 5.74) is 2.49. The van der Waals surface area contributed by atoms with Crippen LogP contribution in [-0.2, 0) is 10.9 Å². The lowest BCUT2D eigenvalue weighted by Crippen LogP contribution is -2.15. The first-order valence-corrected chi connectivity index (χ1v) is 10.3. The van der Waals surface area contributed by atoms with E-state index in [0.29, 0.717) is 17.6 Å².